The van der Waals surface area contributed by atoms with E-state index in [0.717, 1.165) is 36.1 Å². The van der Waals surface area contributed by atoms with E-state index in [1.807, 2.05) is 24.3 Å². The van der Waals surface area contributed by atoms with E-state index in [0.29, 0.717) is 43.4 Å². The monoisotopic (exact) mass is 491 g/mol. The Bertz CT molecular complexity index is 1400. The number of pyridine rings is 2. The van der Waals surface area contributed by atoms with Gasteiger partial charge in [-0.3, -0.25) is 9.78 Å². The maximum Gasteiger partial charge on any atom is 0.341 e. The van der Waals surface area contributed by atoms with E-state index in [-0.39, 0.29) is 12.5 Å². The molecule has 5 rings (SSSR count). The van der Waals surface area contributed by atoms with Crippen LogP contribution in [-0.2, 0) is 17.6 Å². The van der Waals surface area contributed by atoms with Crippen molar-refractivity contribution in [3.05, 3.63) is 75.3 Å². The molecule has 4 aromatic rings. The van der Waals surface area contributed by atoms with Crippen molar-refractivity contribution in [2.45, 2.75) is 32.6 Å². The minimum absolute atomic E-state index is 0.276. The molecule has 1 amide bonds. The highest BCUT2D eigenvalue weighted by molar-refractivity contribution is 7.17. The molecular weight excluding hydrogens is 470 g/mol. The van der Waals surface area contributed by atoms with Crippen molar-refractivity contribution < 1.29 is 14.3 Å². The summed E-state index contributed by atoms with van der Waals surface area (Å²) in [7, 11) is 0. The first-order valence-corrected chi connectivity index (χ1v) is 12.4. The highest BCUT2D eigenvalue weighted by Crippen LogP contribution is 2.39. The number of esters is 1. The molecule has 0 bridgehead atoms. The van der Waals surface area contributed by atoms with Crippen LogP contribution >= 0.6 is 22.9 Å². The van der Waals surface area contributed by atoms with Crippen LogP contribution in [0.3, 0.4) is 0 Å². The van der Waals surface area contributed by atoms with Gasteiger partial charge in [0.25, 0.3) is 5.91 Å². The fourth-order valence-corrected chi connectivity index (χ4v) is 5.78. The first-order chi connectivity index (χ1) is 16.6. The molecule has 0 atom stereocenters. The normalized spacial score (nSPS) is 12.9. The Balaban J connectivity index is 1.60. The summed E-state index contributed by atoms with van der Waals surface area (Å²) >= 11 is 7.91. The predicted octanol–water partition coefficient (Wildman–Crippen LogP) is 6.32. The summed E-state index contributed by atoms with van der Waals surface area (Å²) in [6.45, 7) is 2.05. The number of carbonyl (C=O) groups excluding carboxylic acids is 2. The number of aromatic nitrogens is 2. The van der Waals surface area contributed by atoms with Gasteiger partial charge in [0.2, 0.25) is 0 Å². The molecular formula is C26H22ClN3O3S. The highest BCUT2D eigenvalue weighted by Gasteiger charge is 2.28. The summed E-state index contributed by atoms with van der Waals surface area (Å²) in [5.41, 5.74) is 3.60. The van der Waals surface area contributed by atoms with Crippen LogP contribution in [0.4, 0.5) is 5.00 Å². The molecule has 0 saturated carbocycles. The van der Waals surface area contributed by atoms with E-state index in [9.17, 15) is 9.59 Å². The van der Waals surface area contributed by atoms with Crippen molar-refractivity contribution in [1.29, 1.82) is 0 Å². The number of ether oxygens (including phenoxy) is 1. The first-order valence-electron chi connectivity index (χ1n) is 11.2. The third-order valence-corrected chi connectivity index (χ3v) is 7.35. The number of para-hydroxylation sites is 1. The van der Waals surface area contributed by atoms with Gasteiger partial charge in [-0.25, -0.2) is 9.78 Å². The van der Waals surface area contributed by atoms with Crippen LogP contribution in [0.1, 0.15) is 50.9 Å². The molecule has 0 fully saturated rings. The van der Waals surface area contributed by atoms with Crippen LogP contribution in [0.25, 0.3) is 22.3 Å². The fourth-order valence-electron chi connectivity index (χ4n) is 4.29. The molecule has 1 aliphatic carbocycles. The van der Waals surface area contributed by atoms with E-state index in [1.165, 1.54) is 11.3 Å². The molecule has 0 saturated heterocycles. The van der Waals surface area contributed by atoms with Crippen molar-refractivity contribution in [2.75, 3.05) is 11.9 Å². The minimum atomic E-state index is -0.394. The standard InChI is InChI=1S/C26H22ClN3O3S/c1-2-33-26(32)22-16-8-3-4-12-21(16)34-25(22)30-24(31)17-14-20(19-11-5-6-13-28-19)29-23-15(17)9-7-10-18(23)27/h5-7,9-11,13-14H,2-4,8,12H2,1H3,(H,30,31). The van der Waals surface area contributed by atoms with Crippen LogP contribution in [0.2, 0.25) is 5.02 Å². The van der Waals surface area contributed by atoms with Crippen molar-refractivity contribution >= 4 is 50.7 Å². The zero-order chi connectivity index (χ0) is 23.7. The van der Waals surface area contributed by atoms with E-state index in [1.54, 1.807) is 31.3 Å². The van der Waals surface area contributed by atoms with Gasteiger partial charge in [0.05, 0.1) is 39.7 Å². The Labute approximate surface area is 206 Å². The van der Waals surface area contributed by atoms with Gasteiger partial charge >= 0.3 is 5.97 Å². The molecule has 1 N–H and O–H groups in total. The SMILES string of the molecule is CCOC(=O)c1c(NC(=O)c2cc(-c3ccccn3)nc3c(Cl)cccc23)sc2c1CCCC2. The molecule has 3 aromatic heterocycles. The average molecular weight is 492 g/mol. The van der Waals surface area contributed by atoms with Gasteiger partial charge in [-0.1, -0.05) is 29.8 Å². The van der Waals surface area contributed by atoms with Crippen LogP contribution in [0.5, 0.6) is 0 Å². The second kappa shape index (κ2) is 9.52. The highest BCUT2D eigenvalue weighted by atomic mass is 35.5. The molecule has 0 aliphatic heterocycles. The summed E-state index contributed by atoms with van der Waals surface area (Å²) < 4.78 is 5.32. The summed E-state index contributed by atoms with van der Waals surface area (Å²) in [5, 5.41) is 4.61. The van der Waals surface area contributed by atoms with Crippen LogP contribution in [0.15, 0.2) is 48.7 Å². The molecule has 1 aromatic carbocycles. The molecule has 1 aliphatic rings. The molecule has 3 heterocycles. The number of hydrogen-bond donors (Lipinski definition) is 1. The Morgan fingerprint density at radius 3 is 2.76 bits per heavy atom. The Morgan fingerprint density at radius 2 is 1.97 bits per heavy atom. The van der Waals surface area contributed by atoms with Crippen LogP contribution in [-0.4, -0.2) is 28.5 Å². The lowest BCUT2D eigenvalue weighted by molar-refractivity contribution is 0.0526. The van der Waals surface area contributed by atoms with E-state index in [2.05, 4.69) is 15.3 Å². The maximum absolute atomic E-state index is 13.6. The van der Waals surface area contributed by atoms with E-state index < -0.39 is 5.97 Å². The smallest absolute Gasteiger partial charge is 0.341 e. The van der Waals surface area contributed by atoms with Crippen molar-refractivity contribution in [3.8, 4) is 11.4 Å². The number of amides is 1. The number of benzene rings is 1. The zero-order valence-electron chi connectivity index (χ0n) is 18.6. The first kappa shape index (κ1) is 22.5. The molecule has 172 valence electrons. The largest absolute Gasteiger partial charge is 0.462 e. The summed E-state index contributed by atoms with van der Waals surface area (Å²) in [4.78, 5) is 36.6. The minimum Gasteiger partial charge on any atom is -0.462 e. The molecule has 0 radical (unpaired) electrons. The Hall–Kier alpha value is -3.29. The number of hydrogen-bond acceptors (Lipinski definition) is 6. The lowest BCUT2D eigenvalue weighted by atomic mass is 9.95. The summed E-state index contributed by atoms with van der Waals surface area (Å²) in [6.07, 6.45) is 5.48. The molecule has 0 unspecified atom stereocenters. The average Bonchev–Trinajstić information content (AvgIpc) is 3.22. The topological polar surface area (TPSA) is 81.2 Å². The van der Waals surface area contributed by atoms with Crippen molar-refractivity contribution in [2.24, 2.45) is 0 Å². The lowest BCUT2D eigenvalue weighted by Crippen LogP contribution is -2.16. The Morgan fingerprint density at radius 1 is 1.12 bits per heavy atom. The van der Waals surface area contributed by atoms with Gasteiger partial charge < -0.3 is 10.1 Å². The number of rotatable bonds is 5. The second-order valence-corrected chi connectivity index (χ2v) is 9.51. The number of anilines is 1. The Kier molecular flexibility index (Phi) is 6.30. The molecule has 34 heavy (non-hydrogen) atoms. The molecule has 6 nitrogen and oxygen atoms in total. The molecule has 0 spiro atoms. The number of aryl methyl sites for hydroxylation is 1. The van der Waals surface area contributed by atoms with Gasteiger partial charge in [0.15, 0.2) is 0 Å². The third-order valence-electron chi connectivity index (χ3n) is 5.84. The number of nitrogens with zero attached hydrogens (tertiary/aromatic N) is 2. The number of thiophene rings is 1. The predicted molar refractivity (Wildman–Crippen MR) is 135 cm³/mol. The van der Waals surface area contributed by atoms with E-state index in [4.69, 9.17) is 16.3 Å². The van der Waals surface area contributed by atoms with Gasteiger partial charge in [0, 0.05) is 16.5 Å². The third kappa shape index (κ3) is 4.17. The number of carbonyl (C=O) groups is 2. The maximum atomic E-state index is 13.6. The summed E-state index contributed by atoms with van der Waals surface area (Å²) in [6, 6.07) is 12.6. The van der Waals surface area contributed by atoms with E-state index >= 15 is 0 Å². The summed E-state index contributed by atoms with van der Waals surface area (Å²) in [5.74, 6) is -0.731. The van der Waals surface area contributed by atoms with Crippen molar-refractivity contribution in [1.82, 2.24) is 9.97 Å². The van der Waals surface area contributed by atoms with Crippen molar-refractivity contribution in [3.63, 3.8) is 0 Å². The lowest BCUT2D eigenvalue weighted by Gasteiger charge is -2.13. The quantitative estimate of drug-likeness (QED) is 0.330. The second-order valence-electron chi connectivity index (χ2n) is 8.00. The van der Waals surface area contributed by atoms with Gasteiger partial charge in [-0.05, 0) is 62.4 Å². The number of halogens is 1. The van der Waals surface area contributed by atoms with Crippen LogP contribution in [0, 0.1) is 0 Å². The number of fused-ring (bicyclic) bond motifs is 2. The number of nitrogens with one attached hydrogen (secondary N) is 1. The molecule has 8 heteroatoms. The fraction of sp³-hybridized carbons (Fsp3) is 0.231. The van der Waals surface area contributed by atoms with Gasteiger partial charge in [0.1, 0.15) is 5.00 Å². The zero-order valence-corrected chi connectivity index (χ0v) is 20.1. The van der Waals surface area contributed by atoms with Gasteiger partial charge in [-0.2, -0.15) is 0 Å². The van der Waals surface area contributed by atoms with Gasteiger partial charge in [-0.15, -0.1) is 11.3 Å². The van der Waals surface area contributed by atoms with Crippen LogP contribution < -0.4 is 5.32 Å².